The van der Waals surface area contributed by atoms with Crippen molar-refractivity contribution in [2.45, 2.75) is 6.10 Å². The van der Waals surface area contributed by atoms with Crippen molar-refractivity contribution < 1.29 is 14.6 Å². The van der Waals surface area contributed by atoms with Crippen molar-refractivity contribution >= 4 is 11.8 Å². The molecule has 3 rings (SSSR count). The zero-order valence-corrected chi connectivity index (χ0v) is 14.2. The molecule has 0 radical (unpaired) electrons. The quantitative estimate of drug-likeness (QED) is 0.747. The third-order valence-electron chi connectivity index (χ3n) is 3.94. The Morgan fingerprint density at radius 1 is 1.08 bits per heavy atom. The molecule has 0 aliphatic carbocycles. The number of aliphatic hydroxyl groups is 1. The zero-order valence-electron chi connectivity index (χ0n) is 14.2. The van der Waals surface area contributed by atoms with Crippen LogP contribution in [-0.4, -0.2) is 28.9 Å². The Kier molecular flexibility index (Phi) is 5.16. The minimum atomic E-state index is -0.829. The molecule has 0 saturated heterocycles. The van der Waals surface area contributed by atoms with Crippen LogP contribution in [0.2, 0.25) is 0 Å². The number of hydrogen-bond donors (Lipinski definition) is 1. The summed E-state index contributed by atoms with van der Waals surface area (Å²) in [7, 11) is 3.16. The van der Waals surface area contributed by atoms with Gasteiger partial charge < -0.3 is 19.1 Å². The first-order chi connectivity index (χ1) is 12.2. The van der Waals surface area contributed by atoms with Gasteiger partial charge in [-0.15, -0.1) is 0 Å². The molecular weight excluding hydrogens is 316 g/mol. The van der Waals surface area contributed by atoms with E-state index in [1.54, 1.807) is 38.9 Å². The number of aromatic nitrogens is 2. The molecule has 5 nitrogen and oxygen atoms in total. The van der Waals surface area contributed by atoms with E-state index in [0.717, 1.165) is 11.1 Å². The van der Waals surface area contributed by atoms with E-state index in [-0.39, 0.29) is 0 Å². The Labute approximate surface area is 146 Å². The number of nitrogens with zero attached hydrogens (tertiary/aromatic N) is 2. The lowest BCUT2D eigenvalue weighted by atomic mass is 9.95. The fourth-order valence-electron chi connectivity index (χ4n) is 2.64. The molecule has 0 spiro atoms. The first-order valence-corrected chi connectivity index (χ1v) is 7.87. The summed E-state index contributed by atoms with van der Waals surface area (Å²) in [5.74, 6) is 1.20. The third kappa shape index (κ3) is 3.72. The summed E-state index contributed by atoms with van der Waals surface area (Å²) in [4.78, 5) is 4.05. The van der Waals surface area contributed by atoms with Gasteiger partial charge in [0, 0.05) is 24.2 Å². The van der Waals surface area contributed by atoms with Crippen LogP contribution in [0.5, 0.6) is 11.5 Å². The molecule has 2 aromatic carbocycles. The highest BCUT2D eigenvalue weighted by molar-refractivity contribution is 5.79. The number of imidazole rings is 1. The molecule has 0 unspecified atom stereocenters. The Bertz CT molecular complexity index is 843. The third-order valence-corrected chi connectivity index (χ3v) is 3.94. The zero-order chi connectivity index (χ0) is 17.6. The maximum Gasteiger partial charge on any atom is 0.161 e. The highest BCUT2D eigenvalue weighted by atomic mass is 16.5. The molecule has 25 heavy (non-hydrogen) atoms. The summed E-state index contributed by atoms with van der Waals surface area (Å²) in [5.41, 5.74) is 2.40. The Morgan fingerprint density at radius 3 is 2.48 bits per heavy atom. The lowest BCUT2D eigenvalue weighted by Crippen LogP contribution is -2.03. The second kappa shape index (κ2) is 7.68. The van der Waals surface area contributed by atoms with Gasteiger partial charge in [-0.2, -0.15) is 0 Å². The van der Waals surface area contributed by atoms with E-state index < -0.39 is 6.10 Å². The molecular formula is C20H20N2O3. The van der Waals surface area contributed by atoms with Crippen molar-refractivity contribution in [2.24, 2.45) is 0 Å². The number of aliphatic hydroxyl groups excluding tert-OH is 1. The summed E-state index contributed by atoms with van der Waals surface area (Å²) < 4.78 is 12.4. The van der Waals surface area contributed by atoms with Crippen molar-refractivity contribution in [1.29, 1.82) is 0 Å². The first-order valence-electron chi connectivity index (χ1n) is 7.87. The average molecular weight is 336 g/mol. The molecule has 0 aliphatic heterocycles. The fraction of sp³-hybridized carbons (Fsp3) is 0.150. The van der Waals surface area contributed by atoms with Gasteiger partial charge in [0.15, 0.2) is 11.5 Å². The van der Waals surface area contributed by atoms with Crippen LogP contribution in [0.1, 0.15) is 17.2 Å². The monoisotopic (exact) mass is 336 g/mol. The second-order valence-electron chi connectivity index (χ2n) is 5.48. The van der Waals surface area contributed by atoms with Crippen molar-refractivity contribution in [3.8, 4) is 11.5 Å². The SMILES string of the molecule is COc1ccc([C@H](O)/C(=C/n2ccnc2)c2ccccc2)cc1OC. The van der Waals surface area contributed by atoms with Gasteiger partial charge in [-0.25, -0.2) is 4.98 Å². The van der Waals surface area contributed by atoms with E-state index in [1.165, 1.54) is 0 Å². The molecule has 5 heteroatoms. The molecule has 0 amide bonds. The lowest BCUT2D eigenvalue weighted by Gasteiger charge is -2.18. The summed E-state index contributed by atoms with van der Waals surface area (Å²) in [6, 6.07) is 15.2. The van der Waals surface area contributed by atoms with Gasteiger partial charge >= 0.3 is 0 Å². The van der Waals surface area contributed by atoms with Crippen molar-refractivity contribution in [3.05, 3.63) is 78.4 Å². The standard InChI is InChI=1S/C20H20N2O3/c1-24-18-9-8-16(12-19(18)25-2)20(23)17(13-22-11-10-21-14-22)15-6-4-3-5-7-15/h3-14,20,23H,1-2H3/b17-13+/t20-/m0/s1. The van der Waals surface area contributed by atoms with E-state index in [4.69, 9.17) is 9.47 Å². The predicted octanol–water partition coefficient (Wildman–Crippen LogP) is 3.63. The van der Waals surface area contributed by atoms with E-state index in [1.807, 2.05) is 53.4 Å². The summed E-state index contributed by atoms with van der Waals surface area (Å²) >= 11 is 0. The smallest absolute Gasteiger partial charge is 0.161 e. The van der Waals surface area contributed by atoms with Crippen molar-refractivity contribution in [2.75, 3.05) is 14.2 Å². The molecule has 1 N–H and O–H groups in total. The van der Waals surface area contributed by atoms with Gasteiger partial charge in [-0.05, 0) is 23.3 Å². The van der Waals surface area contributed by atoms with Gasteiger partial charge in [-0.3, -0.25) is 0 Å². The molecule has 1 atom stereocenters. The highest BCUT2D eigenvalue weighted by Gasteiger charge is 2.18. The van der Waals surface area contributed by atoms with Crippen LogP contribution in [0, 0.1) is 0 Å². The maximum atomic E-state index is 11.0. The van der Waals surface area contributed by atoms with Crippen LogP contribution in [0.3, 0.4) is 0 Å². The number of methoxy groups -OCH3 is 2. The first kappa shape index (κ1) is 16.8. The molecule has 0 aliphatic rings. The van der Waals surface area contributed by atoms with Crippen molar-refractivity contribution in [3.63, 3.8) is 0 Å². The van der Waals surface area contributed by atoms with E-state index in [9.17, 15) is 5.11 Å². The van der Waals surface area contributed by atoms with Gasteiger partial charge in [0.1, 0.15) is 6.10 Å². The number of hydrogen-bond acceptors (Lipinski definition) is 4. The van der Waals surface area contributed by atoms with Crippen LogP contribution in [0.4, 0.5) is 0 Å². The molecule has 128 valence electrons. The Hall–Kier alpha value is -3.05. The topological polar surface area (TPSA) is 56.5 Å². The van der Waals surface area contributed by atoms with Crippen LogP contribution in [0.25, 0.3) is 11.8 Å². The number of ether oxygens (including phenoxy) is 2. The van der Waals surface area contributed by atoms with Gasteiger partial charge in [0.05, 0.1) is 20.5 Å². The largest absolute Gasteiger partial charge is 0.493 e. The molecule has 1 heterocycles. The minimum absolute atomic E-state index is 0.578. The van der Waals surface area contributed by atoms with E-state index >= 15 is 0 Å². The Morgan fingerprint density at radius 2 is 1.84 bits per heavy atom. The van der Waals surface area contributed by atoms with Crippen LogP contribution in [0.15, 0.2) is 67.3 Å². The van der Waals surface area contributed by atoms with E-state index in [0.29, 0.717) is 17.1 Å². The lowest BCUT2D eigenvalue weighted by molar-refractivity contribution is 0.237. The van der Waals surface area contributed by atoms with Crippen LogP contribution >= 0.6 is 0 Å². The summed E-state index contributed by atoms with van der Waals surface area (Å²) in [6.07, 6.45) is 6.24. The summed E-state index contributed by atoms with van der Waals surface area (Å²) in [6.45, 7) is 0. The molecule has 1 aromatic heterocycles. The predicted molar refractivity (Wildman–Crippen MR) is 97.3 cm³/mol. The molecule has 0 fully saturated rings. The highest BCUT2D eigenvalue weighted by Crippen LogP contribution is 2.35. The molecule has 0 saturated carbocycles. The number of benzene rings is 2. The Balaban J connectivity index is 2.04. The van der Waals surface area contributed by atoms with Crippen molar-refractivity contribution in [1.82, 2.24) is 9.55 Å². The normalized spacial score (nSPS) is 12.7. The van der Waals surface area contributed by atoms with E-state index in [2.05, 4.69) is 4.98 Å². The minimum Gasteiger partial charge on any atom is -0.493 e. The summed E-state index contributed by atoms with van der Waals surface area (Å²) in [5, 5.41) is 11.0. The molecule has 3 aromatic rings. The average Bonchev–Trinajstić information content (AvgIpc) is 3.19. The number of rotatable bonds is 6. The van der Waals surface area contributed by atoms with Gasteiger partial charge in [-0.1, -0.05) is 36.4 Å². The molecule has 0 bridgehead atoms. The van der Waals surface area contributed by atoms with Gasteiger partial charge in [0.2, 0.25) is 0 Å². The maximum absolute atomic E-state index is 11.0. The fourth-order valence-corrected chi connectivity index (χ4v) is 2.64. The van der Waals surface area contributed by atoms with Crippen LogP contribution < -0.4 is 9.47 Å². The van der Waals surface area contributed by atoms with Gasteiger partial charge in [0.25, 0.3) is 0 Å². The second-order valence-corrected chi connectivity index (χ2v) is 5.48. The van der Waals surface area contributed by atoms with Crippen LogP contribution in [-0.2, 0) is 0 Å².